The summed E-state index contributed by atoms with van der Waals surface area (Å²) in [7, 11) is 0. The van der Waals surface area contributed by atoms with Gasteiger partial charge in [0.15, 0.2) is 0 Å². The Bertz CT molecular complexity index is 535. The van der Waals surface area contributed by atoms with Crippen molar-refractivity contribution in [1.29, 1.82) is 0 Å². The first-order valence-corrected chi connectivity index (χ1v) is 6.89. The van der Waals surface area contributed by atoms with Crippen LogP contribution < -0.4 is 0 Å². The highest BCUT2D eigenvalue weighted by molar-refractivity contribution is 7.19. The molecular formula is C12H13ClN2S. The van der Waals surface area contributed by atoms with Gasteiger partial charge in [-0.3, -0.25) is 0 Å². The molecule has 0 spiro atoms. The van der Waals surface area contributed by atoms with Crippen molar-refractivity contribution in [2.75, 3.05) is 0 Å². The summed E-state index contributed by atoms with van der Waals surface area (Å²) in [4.78, 5) is 10.9. The molecule has 0 aromatic carbocycles. The van der Waals surface area contributed by atoms with Gasteiger partial charge < -0.3 is 0 Å². The van der Waals surface area contributed by atoms with E-state index in [4.69, 9.17) is 11.6 Å². The number of fused-ring (bicyclic) bond motifs is 3. The van der Waals surface area contributed by atoms with Gasteiger partial charge in [0.25, 0.3) is 0 Å². The van der Waals surface area contributed by atoms with E-state index >= 15 is 0 Å². The number of aromatic nitrogens is 2. The first-order chi connectivity index (χ1) is 7.79. The lowest BCUT2D eigenvalue weighted by molar-refractivity contribution is 0.451. The number of halogens is 1. The molecule has 2 aromatic rings. The number of nitrogens with zero attached hydrogens (tertiary/aromatic N) is 2. The first kappa shape index (κ1) is 10.5. The summed E-state index contributed by atoms with van der Waals surface area (Å²) in [5.74, 6) is 0.840. The monoisotopic (exact) mass is 252 g/mol. The summed E-state index contributed by atoms with van der Waals surface area (Å²) in [6.45, 7) is 2.27. The molecule has 4 heteroatoms. The molecule has 0 amide bonds. The lowest BCUT2D eigenvalue weighted by Crippen LogP contribution is -2.11. The number of thiophene rings is 1. The zero-order valence-electron chi connectivity index (χ0n) is 9.16. The third kappa shape index (κ3) is 1.54. The van der Waals surface area contributed by atoms with Gasteiger partial charge in [0, 0.05) is 4.88 Å². The van der Waals surface area contributed by atoms with Gasteiger partial charge in [0.05, 0.1) is 5.39 Å². The summed E-state index contributed by atoms with van der Waals surface area (Å²) in [6.07, 6.45) is 6.45. The molecular weight excluding hydrogens is 240 g/mol. The van der Waals surface area contributed by atoms with Gasteiger partial charge in [-0.05, 0) is 30.7 Å². The average molecular weight is 253 g/mol. The molecule has 1 aliphatic carbocycles. The molecule has 0 bridgehead atoms. The first-order valence-electron chi connectivity index (χ1n) is 5.70. The van der Waals surface area contributed by atoms with Crippen LogP contribution in [-0.4, -0.2) is 9.97 Å². The van der Waals surface area contributed by atoms with Crippen molar-refractivity contribution in [1.82, 2.24) is 9.97 Å². The normalized spacial score (nSPS) is 20.0. The maximum Gasteiger partial charge on any atom is 0.141 e. The fourth-order valence-corrected chi connectivity index (χ4v) is 4.09. The minimum atomic E-state index is 0.623. The lowest BCUT2D eigenvalue weighted by atomic mass is 9.86. The Hall–Kier alpha value is -0.670. The van der Waals surface area contributed by atoms with E-state index < -0.39 is 0 Å². The predicted molar refractivity (Wildman–Crippen MR) is 68.2 cm³/mol. The molecule has 0 unspecified atom stereocenters. The highest BCUT2D eigenvalue weighted by Crippen LogP contribution is 2.39. The molecule has 0 saturated heterocycles. The van der Waals surface area contributed by atoms with Gasteiger partial charge >= 0.3 is 0 Å². The third-order valence-electron chi connectivity index (χ3n) is 3.48. The number of hydrogen-bond donors (Lipinski definition) is 0. The minimum Gasteiger partial charge on any atom is -0.225 e. The van der Waals surface area contributed by atoms with E-state index in [-0.39, 0.29) is 0 Å². The van der Waals surface area contributed by atoms with Gasteiger partial charge in [-0.25, -0.2) is 9.97 Å². The standard InChI is InChI=1S/C12H13ClN2S/c1-2-7-3-4-8-9(5-7)16-12-10(8)11(13)14-6-15-12/h6-7H,2-5H2,1H3/t7-/m0/s1. The van der Waals surface area contributed by atoms with E-state index in [9.17, 15) is 0 Å². The maximum absolute atomic E-state index is 6.16. The van der Waals surface area contributed by atoms with Crippen molar-refractivity contribution in [2.45, 2.75) is 32.6 Å². The van der Waals surface area contributed by atoms with Gasteiger partial charge in [-0.2, -0.15) is 0 Å². The zero-order chi connectivity index (χ0) is 11.1. The topological polar surface area (TPSA) is 25.8 Å². The van der Waals surface area contributed by atoms with E-state index in [0.717, 1.165) is 22.6 Å². The molecule has 2 aromatic heterocycles. The molecule has 0 aliphatic heterocycles. The van der Waals surface area contributed by atoms with Gasteiger partial charge in [0.1, 0.15) is 16.3 Å². The molecule has 2 nitrogen and oxygen atoms in total. The average Bonchev–Trinajstić information content (AvgIpc) is 2.67. The Labute approximate surface area is 104 Å². The number of rotatable bonds is 1. The van der Waals surface area contributed by atoms with Gasteiger partial charge in [0.2, 0.25) is 0 Å². The Kier molecular flexibility index (Phi) is 2.60. The zero-order valence-corrected chi connectivity index (χ0v) is 10.7. The van der Waals surface area contributed by atoms with Crippen LogP contribution in [-0.2, 0) is 12.8 Å². The van der Waals surface area contributed by atoms with Crippen LogP contribution in [0.15, 0.2) is 6.33 Å². The van der Waals surface area contributed by atoms with Crippen LogP contribution >= 0.6 is 22.9 Å². The molecule has 0 fully saturated rings. The maximum atomic E-state index is 6.16. The van der Waals surface area contributed by atoms with Crippen LogP contribution in [0.1, 0.15) is 30.2 Å². The van der Waals surface area contributed by atoms with Crippen LogP contribution in [0.4, 0.5) is 0 Å². The van der Waals surface area contributed by atoms with Crippen LogP contribution in [0.25, 0.3) is 10.2 Å². The molecule has 1 atom stereocenters. The highest BCUT2D eigenvalue weighted by atomic mass is 35.5. The predicted octanol–water partition coefficient (Wildman–Crippen LogP) is 3.86. The Morgan fingerprint density at radius 1 is 1.50 bits per heavy atom. The van der Waals surface area contributed by atoms with Gasteiger partial charge in [-0.15, -0.1) is 11.3 Å². The fraction of sp³-hybridized carbons (Fsp3) is 0.500. The van der Waals surface area contributed by atoms with Gasteiger partial charge in [-0.1, -0.05) is 24.9 Å². The molecule has 1 aliphatic rings. The summed E-state index contributed by atoms with van der Waals surface area (Å²) in [5.41, 5.74) is 1.41. The minimum absolute atomic E-state index is 0.623. The largest absolute Gasteiger partial charge is 0.225 e. The molecule has 0 saturated carbocycles. The van der Waals surface area contributed by atoms with Crippen molar-refractivity contribution in [3.8, 4) is 0 Å². The second kappa shape index (κ2) is 3.97. The Balaban J connectivity index is 2.17. The summed E-state index contributed by atoms with van der Waals surface area (Å²) < 4.78 is 0. The number of hydrogen-bond acceptors (Lipinski definition) is 3. The second-order valence-corrected chi connectivity index (χ2v) is 5.81. The molecule has 84 valence electrons. The van der Waals surface area contributed by atoms with Crippen molar-refractivity contribution < 1.29 is 0 Å². The van der Waals surface area contributed by atoms with E-state index in [2.05, 4.69) is 16.9 Å². The molecule has 0 N–H and O–H groups in total. The van der Waals surface area contributed by atoms with Crippen molar-refractivity contribution in [3.05, 3.63) is 21.9 Å². The highest BCUT2D eigenvalue weighted by Gasteiger charge is 2.23. The Morgan fingerprint density at radius 2 is 2.38 bits per heavy atom. The molecule has 3 rings (SSSR count). The van der Waals surface area contributed by atoms with Crippen LogP contribution in [0.3, 0.4) is 0 Å². The van der Waals surface area contributed by atoms with Crippen LogP contribution in [0, 0.1) is 5.92 Å². The lowest BCUT2D eigenvalue weighted by Gasteiger charge is -2.20. The molecule has 2 heterocycles. The fourth-order valence-electron chi connectivity index (χ4n) is 2.49. The molecule has 0 radical (unpaired) electrons. The molecule has 16 heavy (non-hydrogen) atoms. The second-order valence-electron chi connectivity index (χ2n) is 4.37. The van der Waals surface area contributed by atoms with E-state index in [0.29, 0.717) is 5.15 Å². The van der Waals surface area contributed by atoms with Crippen molar-refractivity contribution in [3.63, 3.8) is 0 Å². The Morgan fingerprint density at radius 3 is 3.19 bits per heavy atom. The van der Waals surface area contributed by atoms with Crippen LogP contribution in [0.2, 0.25) is 5.15 Å². The summed E-state index contributed by atoms with van der Waals surface area (Å²) in [5, 5.41) is 1.73. The van der Waals surface area contributed by atoms with Crippen molar-refractivity contribution in [2.24, 2.45) is 5.92 Å². The van der Waals surface area contributed by atoms with E-state index in [1.807, 2.05) is 0 Å². The smallest absolute Gasteiger partial charge is 0.141 e. The van der Waals surface area contributed by atoms with E-state index in [1.165, 1.54) is 29.7 Å². The third-order valence-corrected chi connectivity index (χ3v) is 4.93. The quantitative estimate of drug-likeness (QED) is 0.721. The van der Waals surface area contributed by atoms with E-state index in [1.54, 1.807) is 17.7 Å². The summed E-state index contributed by atoms with van der Waals surface area (Å²) >= 11 is 7.96. The number of aryl methyl sites for hydroxylation is 1. The SMILES string of the molecule is CC[C@H]1CCc2c(sc3ncnc(Cl)c23)C1. The van der Waals surface area contributed by atoms with Crippen molar-refractivity contribution >= 4 is 33.2 Å². The van der Waals surface area contributed by atoms with Crippen LogP contribution in [0.5, 0.6) is 0 Å². The summed E-state index contributed by atoms with van der Waals surface area (Å²) in [6, 6.07) is 0.